The van der Waals surface area contributed by atoms with Crippen LogP contribution < -0.4 is 0 Å². The quantitative estimate of drug-likeness (QED) is 0.746. The summed E-state index contributed by atoms with van der Waals surface area (Å²) >= 11 is 12.2. The molecular weight excluding hydrogens is 274 g/mol. The number of halogens is 3. The number of nitrogens with zero attached hydrogens (tertiary/aromatic N) is 2. The zero-order valence-electron chi connectivity index (χ0n) is 9.92. The highest BCUT2D eigenvalue weighted by Gasteiger charge is 2.15. The van der Waals surface area contributed by atoms with Gasteiger partial charge in [-0.05, 0) is 17.7 Å². The topological polar surface area (TPSA) is 25.8 Å². The van der Waals surface area contributed by atoms with E-state index in [9.17, 15) is 4.39 Å². The first-order chi connectivity index (χ1) is 8.49. The molecule has 0 radical (unpaired) electrons. The Bertz CT molecular complexity index is 545. The molecule has 18 heavy (non-hydrogen) atoms. The van der Waals surface area contributed by atoms with E-state index in [4.69, 9.17) is 23.2 Å². The summed E-state index contributed by atoms with van der Waals surface area (Å²) in [5, 5.41) is 0.565. The van der Waals surface area contributed by atoms with Gasteiger partial charge in [0.05, 0.1) is 5.56 Å². The van der Waals surface area contributed by atoms with Crippen molar-refractivity contribution in [1.82, 2.24) is 9.97 Å². The van der Waals surface area contributed by atoms with Crippen molar-refractivity contribution in [1.29, 1.82) is 0 Å². The maximum Gasteiger partial charge on any atom is 0.142 e. The lowest BCUT2D eigenvalue weighted by Crippen LogP contribution is -2.00. The molecule has 0 saturated heterocycles. The lowest BCUT2D eigenvalue weighted by Gasteiger charge is -2.10. The fraction of sp³-hybridized carbons (Fsp3) is 0.231. The van der Waals surface area contributed by atoms with Gasteiger partial charge in [-0.3, -0.25) is 0 Å². The molecule has 0 fully saturated rings. The van der Waals surface area contributed by atoms with Crippen LogP contribution in [0.1, 0.15) is 25.6 Å². The van der Waals surface area contributed by atoms with Gasteiger partial charge in [0.1, 0.15) is 21.9 Å². The summed E-state index contributed by atoms with van der Waals surface area (Å²) in [7, 11) is 0. The summed E-state index contributed by atoms with van der Waals surface area (Å²) in [5.74, 6) is 0.420. The third-order valence-corrected chi connectivity index (χ3v) is 3.03. The molecule has 0 aliphatic carbocycles. The van der Waals surface area contributed by atoms with E-state index in [0.29, 0.717) is 17.0 Å². The first kappa shape index (κ1) is 13.2. The van der Waals surface area contributed by atoms with Crippen molar-refractivity contribution in [3.8, 4) is 11.1 Å². The van der Waals surface area contributed by atoms with E-state index in [0.717, 1.165) is 0 Å². The molecule has 2 rings (SSSR count). The van der Waals surface area contributed by atoms with Gasteiger partial charge in [0, 0.05) is 5.92 Å². The van der Waals surface area contributed by atoms with Gasteiger partial charge < -0.3 is 0 Å². The Morgan fingerprint density at radius 2 is 1.50 bits per heavy atom. The van der Waals surface area contributed by atoms with Gasteiger partial charge in [-0.15, -0.1) is 0 Å². The van der Waals surface area contributed by atoms with Crippen LogP contribution in [0.4, 0.5) is 4.39 Å². The standard InChI is InChI=1S/C13H11Cl2FN2/c1-7(2)13-17-11(14)10(12(15)18-13)8-3-5-9(16)6-4-8/h3-7H,1-2H3. The second kappa shape index (κ2) is 5.21. The van der Waals surface area contributed by atoms with Gasteiger partial charge in [-0.2, -0.15) is 0 Å². The minimum Gasteiger partial charge on any atom is -0.220 e. The molecule has 0 atom stereocenters. The van der Waals surface area contributed by atoms with Crippen molar-refractivity contribution in [3.63, 3.8) is 0 Å². The van der Waals surface area contributed by atoms with Crippen LogP contribution in [0.25, 0.3) is 11.1 Å². The van der Waals surface area contributed by atoms with E-state index in [1.165, 1.54) is 12.1 Å². The smallest absolute Gasteiger partial charge is 0.142 e. The summed E-state index contributed by atoms with van der Waals surface area (Å²) in [5.41, 5.74) is 1.23. The fourth-order valence-electron chi connectivity index (χ4n) is 1.54. The van der Waals surface area contributed by atoms with Crippen molar-refractivity contribution in [2.24, 2.45) is 0 Å². The molecule has 5 heteroatoms. The Labute approximate surface area is 115 Å². The van der Waals surface area contributed by atoms with E-state index in [-0.39, 0.29) is 22.0 Å². The molecular formula is C13H11Cl2FN2. The first-order valence-corrected chi connectivity index (χ1v) is 6.23. The molecule has 0 unspecified atom stereocenters. The molecule has 1 aromatic carbocycles. The Morgan fingerprint density at radius 3 is 1.94 bits per heavy atom. The maximum atomic E-state index is 12.9. The number of aromatic nitrogens is 2. The summed E-state index contributed by atoms with van der Waals surface area (Å²) in [6.07, 6.45) is 0. The Kier molecular flexibility index (Phi) is 3.83. The number of hydrogen-bond acceptors (Lipinski definition) is 2. The van der Waals surface area contributed by atoms with Crippen molar-refractivity contribution in [2.75, 3.05) is 0 Å². The molecule has 0 saturated carbocycles. The predicted octanol–water partition coefficient (Wildman–Crippen LogP) is 4.71. The fourth-order valence-corrected chi connectivity index (χ4v) is 2.15. The maximum absolute atomic E-state index is 12.9. The van der Waals surface area contributed by atoms with Crippen molar-refractivity contribution < 1.29 is 4.39 Å². The molecule has 0 amide bonds. The Balaban J connectivity index is 2.55. The summed E-state index contributed by atoms with van der Waals surface area (Å²) in [6, 6.07) is 5.89. The number of hydrogen-bond donors (Lipinski definition) is 0. The van der Waals surface area contributed by atoms with E-state index in [1.807, 2.05) is 13.8 Å². The highest BCUT2D eigenvalue weighted by atomic mass is 35.5. The lowest BCUT2D eigenvalue weighted by molar-refractivity contribution is 0.628. The highest BCUT2D eigenvalue weighted by molar-refractivity contribution is 6.37. The van der Waals surface area contributed by atoms with Crippen LogP contribution in [0.3, 0.4) is 0 Å². The third-order valence-electron chi connectivity index (χ3n) is 2.49. The van der Waals surface area contributed by atoms with Crippen LogP contribution in [-0.2, 0) is 0 Å². The molecule has 1 heterocycles. The van der Waals surface area contributed by atoms with Crippen LogP contribution in [0.2, 0.25) is 10.3 Å². The molecule has 0 bridgehead atoms. The normalized spacial score (nSPS) is 11.0. The molecule has 0 aliphatic rings. The monoisotopic (exact) mass is 284 g/mol. The predicted molar refractivity (Wildman–Crippen MR) is 71.5 cm³/mol. The van der Waals surface area contributed by atoms with Gasteiger partial charge in [0.25, 0.3) is 0 Å². The van der Waals surface area contributed by atoms with Crippen molar-refractivity contribution >= 4 is 23.2 Å². The molecule has 2 nitrogen and oxygen atoms in total. The van der Waals surface area contributed by atoms with E-state index in [2.05, 4.69) is 9.97 Å². The molecule has 0 N–H and O–H groups in total. The second-order valence-corrected chi connectivity index (χ2v) is 4.92. The first-order valence-electron chi connectivity index (χ1n) is 5.48. The molecule has 94 valence electrons. The number of benzene rings is 1. The highest BCUT2D eigenvalue weighted by Crippen LogP contribution is 2.33. The van der Waals surface area contributed by atoms with Gasteiger partial charge in [-0.1, -0.05) is 49.2 Å². The van der Waals surface area contributed by atoms with Gasteiger partial charge in [0.2, 0.25) is 0 Å². The molecule has 0 aliphatic heterocycles. The van der Waals surface area contributed by atoms with Gasteiger partial charge >= 0.3 is 0 Å². The lowest BCUT2D eigenvalue weighted by atomic mass is 10.1. The summed E-state index contributed by atoms with van der Waals surface area (Å²) < 4.78 is 12.9. The average Bonchev–Trinajstić information content (AvgIpc) is 2.30. The van der Waals surface area contributed by atoms with Crippen LogP contribution >= 0.6 is 23.2 Å². The average molecular weight is 285 g/mol. The minimum absolute atomic E-state index is 0.141. The summed E-state index contributed by atoms with van der Waals surface area (Å²) in [6.45, 7) is 3.92. The van der Waals surface area contributed by atoms with Gasteiger partial charge in [-0.25, -0.2) is 14.4 Å². The largest absolute Gasteiger partial charge is 0.220 e. The SMILES string of the molecule is CC(C)c1nc(Cl)c(-c2ccc(F)cc2)c(Cl)n1. The van der Waals surface area contributed by atoms with Crippen LogP contribution in [0.15, 0.2) is 24.3 Å². The van der Waals surface area contributed by atoms with Crippen LogP contribution in [0.5, 0.6) is 0 Å². The van der Waals surface area contributed by atoms with E-state index < -0.39 is 0 Å². The minimum atomic E-state index is -0.314. The second-order valence-electron chi connectivity index (χ2n) is 4.20. The van der Waals surface area contributed by atoms with Crippen molar-refractivity contribution in [2.45, 2.75) is 19.8 Å². The Morgan fingerprint density at radius 1 is 1.00 bits per heavy atom. The zero-order chi connectivity index (χ0) is 13.3. The van der Waals surface area contributed by atoms with Gasteiger partial charge in [0.15, 0.2) is 0 Å². The summed E-state index contributed by atoms with van der Waals surface area (Å²) in [4.78, 5) is 8.42. The molecule has 1 aromatic heterocycles. The van der Waals surface area contributed by atoms with E-state index in [1.54, 1.807) is 12.1 Å². The van der Waals surface area contributed by atoms with Crippen molar-refractivity contribution in [3.05, 3.63) is 46.2 Å². The van der Waals surface area contributed by atoms with E-state index >= 15 is 0 Å². The Hall–Kier alpha value is -1.19. The third kappa shape index (κ3) is 2.62. The van der Waals surface area contributed by atoms with Crippen LogP contribution in [0, 0.1) is 5.82 Å². The molecule has 2 aromatic rings. The molecule has 0 spiro atoms. The number of rotatable bonds is 2. The zero-order valence-corrected chi connectivity index (χ0v) is 11.4. The van der Waals surface area contributed by atoms with Crippen LogP contribution in [-0.4, -0.2) is 9.97 Å².